The van der Waals surface area contributed by atoms with Crippen LogP contribution in [0.2, 0.25) is 0 Å². The number of hydrogen-bond acceptors (Lipinski definition) is 7. The number of nitrogens with two attached hydrogens (primary N) is 2. The number of benzene rings is 1. The summed E-state index contributed by atoms with van der Waals surface area (Å²) in [7, 11) is 0. The van der Waals surface area contributed by atoms with Gasteiger partial charge in [0.1, 0.15) is 12.6 Å². The number of unbranched alkanes of at least 4 members (excludes halogenated alkanes) is 2. The summed E-state index contributed by atoms with van der Waals surface area (Å²) in [5, 5.41) is 8.14. The molecule has 0 fully saturated rings. The maximum atomic E-state index is 12.9. The predicted octanol–water partition coefficient (Wildman–Crippen LogP) is 2.55. The number of hydrogen-bond donors (Lipinski definition) is 5. The standard InChI is InChI=1S/C29H50N6O6/c1-5-7-17-39-27(40-18-8-6-2)23(15-12-16-32-28(30)31)34-24(36)19-33-26(37)25(21(3)4)35-29(38)41-20-22-13-10-9-11-14-22/h9-11,13-14,21,23,25,27H,5-8,12,15-20H2,1-4H3,(H,33,37)(H,34,36)(H,35,38)(H4,30,31,32). The van der Waals surface area contributed by atoms with Crippen molar-refractivity contribution in [3.05, 3.63) is 35.9 Å². The lowest BCUT2D eigenvalue weighted by molar-refractivity contribution is -0.165. The van der Waals surface area contributed by atoms with Crippen LogP contribution < -0.4 is 27.4 Å². The van der Waals surface area contributed by atoms with Gasteiger partial charge in [-0.1, -0.05) is 70.9 Å². The van der Waals surface area contributed by atoms with E-state index in [1.165, 1.54) is 0 Å². The molecule has 41 heavy (non-hydrogen) atoms. The van der Waals surface area contributed by atoms with E-state index in [0.29, 0.717) is 32.6 Å². The molecule has 7 N–H and O–H groups in total. The van der Waals surface area contributed by atoms with E-state index in [4.69, 9.17) is 25.7 Å². The SMILES string of the molecule is CCCCOC(OCCCC)C(CCCN=C(N)N)NC(=O)CNC(=O)C(NC(=O)OCc1ccccc1)C(C)C. The summed E-state index contributed by atoms with van der Waals surface area (Å²) in [5.74, 6) is -1.15. The Morgan fingerprint density at radius 3 is 2.12 bits per heavy atom. The zero-order valence-electron chi connectivity index (χ0n) is 25.0. The molecule has 1 aromatic rings. The van der Waals surface area contributed by atoms with Gasteiger partial charge in [-0.15, -0.1) is 0 Å². The molecule has 1 rings (SSSR count). The average molecular weight is 579 g/mol. The van der Waals surface area contributed by atoms with E-state index in [2.05, 4.69) is 34.8 Å². The second-order valence-electron chi connectivity index (χ2n) is 10.1. The number of carbonyl (C=O) groups excluding carboxylic acids is 3. The van der Waals surface area contributed by atoms with Crippen LogP contribution >= 0.6 is 0 Å². The van der Waals surface area contributed by atoms with Crippen LogP contribution in [0.1, 0.15) is 71.8 Å². The Morgan fingerprint density at radius 1 is 0.927 bits per heavy atom. The Kier molecular flexibility index (Phi) is 18.6. The van der Waals surface area contributed by atoms with Crippen LogP contribution in [0, 0.1) is 5.92 Å². The fourth-order valence-corrected chi connectivity index (χ4v) is 3.73. The number of aliphatic imine (C=N–C) groups is 1. The Hall–Kier alpha value is -3.38. The highest BCUT2D eigenvalue weighted by Crippen LogP contribution is 2.12. The average Bonchev–Trinajstić information content (AvgIpc) is 2.94. The Balaban J connectivity index is 2.76. The maximum Gasteiger partial charge on any atom is 0.408 e. The van der Waals surface area contributed by atoms with Gasteiger partial charge in [-0.05, 0) is 37.2 Å². The molecule has 2 unspecified atom stereocenters. The van der Waals surface area contributed by atoms with Gasteiger partial charge in [-0.2, -0.15) is 0 Å². The summed E-state index contributed by atoms with van der Waals surface area (Å²) in [4.78, 5) is 42.2. The highest BCUT2D eigenvalue weighted by molar-refractivity contribution is 5.89. The van der Waals surface area contributed by atoms with Crippen LogP contribution in [-0.4, -0.2) is 68.5 Å². The summed E-state index contributed by atoms with van der Waals surface area (Å²) < 4.78 is 17.2. The van der Waals surface area contributed by atoms with E-state index in [1.807, 2.05) is 30.3 Å². The van der Waals surface area contributed by atoms with Crippen molar-refractivity contribution in [1.29, 1.82) is 0 Å². The number of nitrogens with zero attached hydrogens (tertiary/aromatic N) is 1. The molecule has 0 saturated carbocycles. The molecule has 1 aromatic carbocycles. The lowest BCUT2D eigenvalue weighted by Gasteiger charge is -2.28. The van der Waals surface area contributed by atoms with Gasteiger partial charge in [0.05, 0.1) is 12.6 Å². The molecule has 0 bridgehead atoms. The first kappa shape index (κ1) is 35.6. The quantitative estimate of drug-likeness (QED) is 0.0639. The normalized spacial score (nSPS) is 12.4. The molecule has 0 aliphatic rings. The summed E-state index contributed by atoms with van der Waals surface area (Å²) in [6.45, 7) is 8.88. The van der Waals surface area contributed by atoms with Gasteiger partial charge in [-0.25, -0.2) is 4.79 Å². The van der Waals surface area contributed by atoms with E-state index in [9.17, 15) is 14.4 Å². The van der Waals surface area contributed by atoms with Crippen molar-refractivity contribution in [2.45, 2.75) is 91.2 Å². The molecule has 2 atom stereocenters. The largest absolute Gasteiger partial charge is 0.445 e. The summed E-state index contributed by atoms with van der Waals surface area (Å²) >= 11 is 0. The van der Waals surface area contributed by atoms with E-state index in [0.717, 1.165) is 31.2 Å². The van der Waals surface area contributed by atoms with Gasteiger partial charge in [0.15, 0.2) is 12.2 Å². The van der Waals surface area contributed by atoms with Crippen LogP contribution in [0.5, 0.6) is 0 Å². The molecule has 0 spiro atoms. The summed E-state index contributed by atoms with van der Waals surface area (Å²) in [5.41, 5.74) is 11.7. The van der Waals surface area contributed by atoms with E-state index in [-0.39, 0.29) is 25.0 Å². The van der Waals surface area contributed by atoms with E-state index < -0.39 is 36.3 Å². The van der Waals surface area contributed by atoms with Gasteiger partial charge >= 0.3 is 6.09 Å². The molecule has 0 aliphatic carbocycles. The van der Waals surface area contributed by atoms with Crippen LogP contribution in [0.3, 0.4) is 0 Å². The Labute approximate surface area is 244 Å². The topological polar surface area (TPSA) is 179 Å². The number of guanidine groups is 1. The van der Waals surface area contributed by atoms with Crippen molar-refractivity contribution < 1.29 is 28.6 Å². The smallest absolute Gasteiger partial charge is 0.408 e. The Bertz CT molecular complexity index is 900. The van der Waals surface area contributed by atoms with Crippen LogP contribution in [0.15, 0.2) is 35.3 Å². The third-order valence-electron chi connectivity index (χ3n) is 6.06. The summed E-state index contributed by atoms with van der Waals surface area (Å²) in [6, 6.07) is 7.86. The number of ether oxygens (including phenoxy) is 3. The molecule has 12 nitrogen and oxygen atoms in total. The zero-order chi connectivity index (χ0) is 30.5. The zero-order valence-corrected chi connectivity index (χ0v) is 25.0. The van der Waals surface area contributed by atoms with Crippen LogP contribution in [0.4, 0.5) is 4.79 Å². The van der Waals surface area contributed by atoms with Crippen molar-refractivity contribution in [2.75, 3.05) is 26.3 Å². The minimum absolute atomic E-state index is 0.000466. The predicted molar refractivity (Wildman–Crippen MR) is 159 cm³/mol. The molecule has 0 radical (unpaired) electrons. The second kappa shape index (κ2) is 21.4. The minimum Gasteiger partial charge on any atom is -0.445 e. The lowest BCUT2D eigenvalue weighted by atomic mass is 10.0. The fraction of sp³-hybridized carbons (Fsp3) is 0.655. The van der Waals surface area contributed by atoms with Crippen LogP contribution in [0.25, 0.3) is 0 Å². The van der Waals surface area contributed by atoms with Crippen molar-refractivity contribution in [3.8, 4) is 0 Å². The summed E-state index contributed by atoms with van der Waals surface area (Å²) in [6.07, 6.45) is 3.35. The van der Waals surface area contributed by atoms with Gasteiger partial charge in [0, 0.05) is 19.8 Å². The number of nitrogens with one attached hydrogen (secondary N) is 3. The van der Waals surface area contributed by atoms with Gasteiger partial charge in [-0.3, -0.25) is 14.6 Å². The molecular weight excluding hydrogens is 528 g/mol. The number of carbonyl (C=O) groups is 3. The third-order valence-corrected chi connectivity index (χ3v) is 6.06. The fourth-order valence-electron chi connectivity index (χ4n) is 3.73. The molecule has 12 heteroatoms. The number of alkyl carbamates (subject to hydrolysis) is 1. The molecule has 0 heterocycles. The lowest BCUT2D eigenvalue weighted by Crippen LogP contribution is -2.53. The first-order valence-corrected chi connectivity index (χ1v) is 14.5. The highest BCUT2D eigenvalue weighted by Gasteiger charge is 2.27. The third kappa shape index (κ3) is 16.5. The van der Waals surface area contributed by atoms with Gasteiger partial charge < -0.3 is 41.6 Å². The first-order chi connectivity index (χ1) is 19.7. The van der Waals surface area contributed by atoms with Crippen molar-refractivity contribution >= 4 is 23.9 Å². The van der Waals surface area contributed by atoms with E-state index in [1.54, 1.807) is 13.8 Å². The monoisotopic (exact) mass is 578 g/mol. The minimum atomic E-state index is -0.885. The maximum absolute atomic E-state index is 12.9. The van der Waals surface area contributed by atoms with Crippen molar-refractivity contribution in [2.24, 2.45) is 22.4 Å². The van der Waals surface area contributed by atoms with Crippen LogP contribution in [-0.2, 0) is 30.4 Å². The van der Waals surface area contributed by atoms with E-state index >= 15 is 0 Å². The van der Waals surface area contributed by atoms with Gasteiger partial charge in [0.25, 0.3) is 0 Å². The van der Waals surface area contributed by atoms with Gasteiger partial charge in [0.2, 0.25) is 11.8 Å². The molecule has 0 saturated heterocycles. The molecule has 3 amide bonds. The highest BCUT2D eigenvalue weighted by atomic mass is 16.7. The number of amides is 3. The first-order valence-electron chi connectivity index (χ1n) is 14.5. The molecule has 0 aromatic heterocycles. The molecule has 0 aliphatic heterocycles. The van der Waals surface area contributed by atoms with Crippen molar-refractivity contribution in [1.82, 2.24) is 16.0 Å². The molecular formula is C29H50N6O6. The molecule has 232 valence electrons. The number of rotatable bonds is 21. The van der Waals surface area contributed by atoms with Crippen molar-refractivity contribution in [3.63, 3.8) is 0 Å². The second-order valence-corrected chi connectivity index (χ2v) is 10.1. The Morgan fingerprint density at radius 2 is 1.56 bits per heavy atom.